The molecule has 0 aromatic carbocycles. The number of aromatic nitrogens is 1. The zero-order valence-corrected chi connectivity index (χ0v) is 7.80. The summed E-state index contributed by atoms with van der Waals surface area (Å²) in [6.45, 7) is 2.03. The SMILES string of the molecule is Cc1nccc2c1[NH2+]C=C2.[Br-]. The van der Waals surface area contributed by atoms with Crippen molar-refractivity contribution in [2.45, 2.75) is 6.92 Å². The molecule has 58 valence electrons. The van der Waals surface area contributed by atoms with E-state index in [1.807, 2.05) is 19.2 Å². The minimum Gasteiger partial charge on any atom is -1.00 e. The average Bonchev–Trinajstić information content (AvgIpc) is 2.36. The highest BCUT2D eigenvalue weighted by Crippen LogP contribution is 2.16. The van der Waals surface area contributed by atoms with Crippen molar-refractivity contribution in [1.82, 2.24) is 4.98 Å². The Balaban J connectivity index is 0.000000605. The molecule has 0 radical (unpaired) electrons. The number of pyridine rings is 1. The molecule has 2 nitrogen and oxygen atoms in total. The van der Waals surface area contributed by atoms with Gasteiger partial charge in [0.05, 0.1) is 11.9 Å². The molecule has 0 unspecified atom stereocenters. The summed E-state index contributed by atoms with van der Waals surface area (Å²) in [5.41, 5.74) is 3.66. The zero-order valence-electron chi connectivity index (χ0n) is 6.21. The molecular weight excluding hydrogens is 204 g/mol. The van der Waals surface area contributed by atoms with Gasteiger partial charge in [-0.05, 0) is 13.0 Å². The van der Waals surface area contributed by atoms with Crippen molar-refractivity contribution in [3.8, 4) is 0 Å². The van der Waals surface area contributed by atoms with Crippen LogP contribution in [0.4, 0.5) is 5.69 Å². The van der Waals surface area contributed by atoms with Crippen molar-refractivity contribution in [1.29, 1.82) is 0 Å². The van der Waals surface area contributed by atoms with Crippen LogP contribution in [0.5, 0.6) is 0 Å². The van der Waals surface area contributed by atoms with Gasteiger partial charge in [0.15, 0.2) is 5.69 Å². The Morgan fingerprint density at radius 2 is 2.27 bits per heavy atom. The van der Waals surface area contributed by atoms with E-state index in [1.54, 1.807) is 0 Å². The molecule has 0 fully saturated rings. The van der Waals surface area contributed by atoms with E-state index in [0.29, 0.717) is 0 Å². The fourth-order valence-electron chi connectivity index (χ4n) is 1.21. The molecule has 0 bridgehead atoms. The molecule has 1 aromatic heterocycles. The fourth-order valence-corrected chi connectivity index (χ4v) is 1.21. The van der Waals surface area contributed by atoms with E-state index < -0.39 is 0 Å². The summed E-state index contributed by atoms with van der Waals surface area (Å²) in [5, 5.41) is 2.09. The lowest BCUT2D eigenvalue weighted by Crippen LogP contribution is -3.00. The summed E-state index contributed by atoms with van der Waals surface area (Å²) in [5.74, 6) is 0. The van der Waals surface area contributed by atoms with Crippen LogP contribution in [0.2, 0.25) is 0 Å². The van der Waals surface area contributed by atoms with E-state index in [2.05, 4.69) is 22.6 Å². The largest absolute Gasteiger partial charge is 1.00 e. The second-order valence-corrected chi connectivity index (χ2v) is 2.43. The number of hydrogen-bond acceptors (Lipinski definition) is 1. The Bertz CT molecular complexity index is 294. The average molecular weight is 213 g/mol. The summed E-state index contributed by atoms with van der Waals surface area (Å²) in [6, 6.07) is 2.03. The lowest BCUT2D eigenvalue weighted by Gasteiger charge is -1.95. The van der Waals surface area contributed by atoms with E-state index >= 15 is 0 Å². The van der Waals surface area contributed by atoms with E-state index in [0.717, 1.165) is 5.69 Å². The molecule has 3 heteroatoms. The van der Waals surface area contributed by atoms with Crippen LogP contribution in [-0.4, -0.2) is 4.98 Å². The number of aryl methyl sites for hydroxylation is 1. The molecule has 1 aromatic rings. The number of quaternary nitrogens is 1. The number of rotatable bonds is 0. The van der Waals surface area contributed by atoms with Crippen molar-refractivity contribution in [3.63, 3.8) is 0 Å². The van der Waals surface area contributed by atoms with Crippen LogP contribution in [0.3, 0.4) is 0 Å². The first-order valence-electron chi connectivity index (χ1n) is 3.35. The maximum Gasteiger partial charge on any atom is 0.163 e. The van der Waals surface area contributed by atoms with Gasteiger partial charge in [-0.2, -0.15) is 0 Å². The number of nitrogens with two attached hydrogens (primary N) is 1. The van der Waals surface area contributed by atoms with E-state index in [1.165, 1.54) is 11.3 Å². The van der Waals surface area contributed by atoms with Crippen molar-refractivity contribution >= 4 is 11.8 Å². The van der Waals surface area contributed by atoms with E-state index in [4.69, 9.17) is 0 Å². The number of nitrogens with zero attached hydrogens (tertiary/aromatic N) is 1. The van der Waals surface area contributed by atoms with Crippen LogP contribution >= 0.6 is 0 Å². The predicted octanol–water partition coefficient (Wildman–Crippen LogP) is -2.43. The molecule has 2 N–H and O–H groups in total. The van der Waals surface area contributed by atoms with Crippen LogP contribution in [-0.2, 0) is 0 Å². The second-order valence-electron chi connectivity index (χ2n) is 2.43. The van der Waals surface area contributed by atoms with E-state index in [-0.39, 0.29) is 17.0 Å². The lowest BCUT2D eigenvalue weighted by molar-refractivity contribution is -0.492. The maximum absolute atomic E-state index is 4.18. The Hall–Kier alpha value is -0.670. The lowest BCUT2D eigenvalue weighted by atomic mass is 10.2. The van der Waals surface area contributed by atoms with Gasteiger partial charge in [-0.1, -0.05) is 0 Å². The van der Waals surface area contributed by atoms with E-state index in [9.17, 15) is 0 Å². The molecule has 0 aliphatic carbocycles. The molecule has 0 amide bonds. The number of hydrogen-bond donors (Lipinski definition) is 1. The molecule has 0 saturated carbocycles. The van der Waals surface area contributed by atoms with Gasteiger partial charge < -0.3 is 17.0 Å². The third-order valence-corrected chi connectivity index (χ3v) is 1.76. The number of halogens is 1. The first-order valence-corrected chi connectivity index (χ1v) is 3.35. The van der Waals surface area contributed by atoms with Gasteiger partial charge in [0.2, 0.25) is 0 Å². The standard InChI is InChI=1S/C8H8N2.BrH/c1-6-8-7(2-4-9-6)3-5-10-8;/h2-5,10H,1H3;1H. The second kappa shape index (κ2) is 3.15. The van der Waals surface area contributed by atoms with Gasteiger partial charge in [0, 0.05) is 17.8 Å². The monoisotopic (exact) mass is 212 g/mol. The van der Waals surface area contributed by atoms with Crippen LogP contribution in [0.15, 0.2) is 18.5 Å². The molecular formula is C8H9BrN2. The topological polar surface area (TPSA) is 29.5 Å². The maximum atomic E-state index is 4.18. The van der Waals surface area contributed by atoms with Gasteiger partial charge >= 0.3 is 0 Å². The third kappa shape index (κ3) is 1.34. The predicted molar refractivity (Wildman–Crippen MR) is 39.6 cm³/mol. The molecule has 0 saturated heterocycles. The molecule has 11 heavy (non-hydrogen) atoms. The van der Waals surface area contributed by atoms with Crippen molar-refractivity contribution < 1.29 is 22.3 Å². The molecule has 1 aliphatic rings. The Labute approximate surface area is 76.1 Å². The van der Waals surface area contributed by atoms with Crippen LogP contribution in [0.1, 0.15) is 11.3 Å². The van der Waals surface area contributed by atoms with Gasteiger partial charge in [-0.25, -0.2) is 0 Å². The highest BCUT2D eigenvalue weighted by Gasteiger charge is 2.11. The van der Waals surface area contributed by atoms with Crippen LogP contribution in [0.25, 0.3) is 6.08 Å². The van der Waals surface area contributed by atoms with Crippen LogP contribution < -0.4 is 22.3 Å². The van der Waals surface area contributed by atoms with Gasteiger partial charge in [0.1, 0.15) is 0 Å². The summed E-state index contributed by atoms with van der Waals surface area (Å²) in [4.78, 5) is 4.18. The van der Waals surface area contributed by atoms with Gasteiger partial charge in [-0.15, -0.1) is 0 Å². The smallest absolute Gasteiger partial charge is 0.163 e. The number of fused-ring (bicyclic) bond motifs is 1. The third-order valence-electron chi connectivity index (χ3n) is 1.76. The molecule has 2 rings (SSSR count). The first-order chi connectivity index (χ1) is 4.88. The van der Waals surface area contributed by atoms with Gasteiger partial charge in [0.25, 0.3) is 0 Å². The summed E-state index contributed by atoms with van der Waals surface area (Å²) >= 11 is 0. The molecule has 0 atom stereocenters. The molecule has 1 aliphatic heterocycles. The van der Waals surface area contributed by atoms with Crippen LogP contribution in [0, 0.1) is 6.92 Å². The Morgan fingerprint density at radius 3 is 3.00 bits per heavy atom. The zero-order chi connectivity index (χ0) is 6.97. The molecule has 2 heterocycles. The summed E-state index contributed by atoms with van der Waals surface area (Å²) in [6.07, 6.45) is 6.00. The Morgan fingerprint density at radius 1 is 1.45 bits per heavy atom. The summed E-state index contributed by atoms with van der Waals surface area (Å²) in [7, 11) is 0. The molecule has 0 spiro atoms. The minimum absolute atomic E-state index is 0. The highest BCUT2D eigenvalue weighted by molar-refractivity contribution is 5.63. The van der Waals surface area contributed by atoms with Crippen molar-refractivity contribution in [3.05, 3.63) is 29.7 Å². The summed E-state index contributed by atoms with van der Waals surface area (Å²) < 4.78 is 0. The fraction of sp³-hybridized carbons (Fsp3) is 0.125. The normalized spacial score (nSPS) is 12.5. The minimum atomic E-state index is 0. The van der Waals surface area contributed by atoms with Gasteiger partial charge in [-0.3, -0.25) is 10.3 Å². The van der Waals surface area contributed by atoms with Crippen molar-refractivity contribution in [2.24, 2.45) is 0 Å². The first kappa shape index (κ1) is 8.43. The Kier molecular flexibility index (Phi) is 2.42. The highest BCUT2D eigenvalue weighted by atomic mass is 79.9. The van der Waals surface area contributed by atoms with Crippen molar-refractivity contribution in [2.75, 3.05) is 0 Å². The quantitative estimate of drug-likeness (QED) is 0.510.